The molecule has 0 saturated heterocycles. The van der Waals surface area contributed by atoms with Gasteiger partial charge in [0.2, 0.25) is 11.7 Å². The summed E-state index contributed by atoms with van der Waals surface area (Å²) >= 11 is 1.54. The molecule has 0 unspecified atom stereocenters. The Hall–Kier alpha value is -2.87. The van der Waals surface area contributed by atoms with Crippen molar-refractivity contribution in [2.24, 2.45) is 0 Å². The van der Waals surface area contributed by atoms with E-state index in [0.29, 0.717) is 36.2 Å². The fourth-order valence-electron chi connectivity index (χ4n) is 2.10. The topological polar surface area (TPSA) is 86.5 Å². The molecule has 130 valence electrons. The molecule has 0 aliphatic heterocycles. The van der Waals surface area contributed by atoms with Gasteiger partial charge in [0.05, 0.1) is 12.0 Å². The molecule has 0 atom stereocenters. The molecule has 0 saturated carbocycles. The first kappa shape index (κ1) is 17.0. The third-order valence-electron chi connectivity index (χ3n) is 3.30. The molecule has 0 aliphatic rings. The maximum Gasteiger partial charge on any atom is 0.257 e. The number of para-hydroxylation sites is 2. The largest absolute Gasteiger partial charge is 0.493 e. The van der Waals surface area contributed by atoms with E-state index >= 15 is 0 Å². The number of amides is 1. The van der Waals surface area contributed by atoms with Crippen LogP contribution in [-0.4, -0.2) is 36.3 Å². The Morgan fingerprint density at radius 3 is 2.84 bits per heavy atom. The molecule has 0 fully saturated rings. The third-order valence-corrected chi connectivity index (χ3v) is 4.16. The van der Waals surface area contributed by atoms with Crippen LogP contribution in [0.3, 0.4) is 0 Å². The number of methoxy groups -OCH3 is 1. The van der Waals surface area contributed by atoms with Crippen LogP contribution in [0.25, 0.3) is 10.7 Å². The van der Waals surface area contributed by atoms with Crippen molar-refractivity contribution in [1.82, 2.24) is 15.5 Å². The molecule has 1 N–H and O–H groups in total. The average molecular weight is 359 g/mol. The summed E-state index contributed by atoms with van der Waals surface area (Å²) in [5, 5.41) is 8.63. The Balaban J connectivity index is 1.42. The Morgan fingerprint density at radius 2 is 2.08 bits per heavy atom. The summed E-state index contributed by atoms with van der Waals surface area (Å²) in [6.07, 6.45) is 0.457. The van der Waals surface area contributed by atoms with E-state index in [1.807, 2.05) is 29.6 Å². The standard InChI is InChI=1S/C17H17N3O4S/c1-22-12-5-2-3-6-13(12)23-11-15(21)18-9-8-16-19-17(20-24-16)14-7-4-10-25-14/h2-7,10H,8-9,11H2,1H3,(H,18,21). The number of carbonyl (C=O) groups excluding carboxylic acids is 1. The van der Waals surface area contributed by atoms with Crippen molar-refractivity contribution in [2.45, 2.75) is 6.42 Å². The molecule has 3 rings (SSSR count). The molecule has 0 spiro atoms. The van der Waals surface area contributed by atoms with Gasteiger partial charge in [-0.05, 0) is 23.6 Å². The first-order chi connectivity index (χ1) is 12.3. The maximum atomic E-state index is 11.9. The van der Waals surface area contributed by atoms with Gasteiger partial charge < -0.3 is 19.3 Å². The number of aromatic nitrogens is 2. The Bertz CT molecular complexity index is 817. The first-order valence-corrected chi connectivity index (χ1v) is 8.53. The van der Waals surface area contributed by atoms with Crippen LogP contribution in [-0.2, 0) is 11.2 Å². The van der Waals surface area contributed by atoms with E-state index in [1.54, 1.807) is 30.6 Å². The molecule has 0 aliphatic carbocycles. The number of ether oxygens (including phenoxy) is 2. The molecule has 0 radical (unpaired) electrons. The van der Waals surface area contributed by atoms with E-state index in [9.17, 15) is 4.79 Å². The van der Waals surface area contributed by atoms with Gasteiger partial charge in [-0.1, -0.05) is 23.4 Å². The summed E-state index contributed by atoms with van der Waals surface area (Å²) in [7, 11) is 1.55. The summed E-state index contributed by atoms with van der Waals surface area (Å²) in [6, 6.07) is 11.0. The van der Waals surface area contributed by atoms with Gasteiger partial charge in [0.25, 0.3) is 5.91 Å². The molecule has 2 aromatic heterocycles. The second-order valence-corrected chi connectivity index (χ2v) is 5.98. The van der Waals surface area contributed by atoms with Gasteiger partial charge in [-0.25, -0.2) is 0 Å². The van der Waals surface area contributed by atoms with Gasteiger partial charge in [-0.2, -0.15) is 4.98 Å². The van der Waals surface area contributed by atoms with E-state index in [4.69, 9.17) is 14.0 Å². The van der Waals surface area contributed by atoms with E-state index in [-0.39, 0.29) is 12.5 Å². The SMILES string of the molecule is COc1ccccc1OCC(=O)NCCc1nc(-c2cccs2)no1. The van der Waals surface area contributed by atoms with Crippen LogP contribution in [0.1, 0.15) is 5.89 Å². The zero-order chi connectivity index (χ0) is 17.5. The quantitative estimate of drug-likeness (QED) is 0.665. The highest BCUT2D eigenvalue weighted by molar-refractivity contribution is 7.13. The number of hydrogen-bond donors (Lipinski definition) is 1. The normalized spacial score (nSPS) is 10.4. The van der Waals surface area contributed by atoms with Crippen molar-refractivity contribution in [1.29, 1.82) is 0 Å². The van der Waals surface area contributed by atoms with E-state index in [0.717, 1.165) is 4.88 Å². The summed E-state index contributed by atoms with van der Waals surface area (Å²) in [5.74, 6) is 1.92. The number of thiophene rings is 1. The van der Waals surface area contributed by atoms with Crippen LogP contribution in [0, 0.1) is 0 Å². The predicted molar refractivity (Wildman–Crippen MR) is 92.8 cm³/mol. The molecule has 7 nitrogen and oxygen atoms in total. The number of nitrogens with zero attached hydrogens (tertiary/aromatic N) is 2. The molecule has 25 heavy (non-hydrogen) atoms. The van der Waals surface area contributed by atoms with E-state index < -0.39 is 0 Å². The minimum absolute atomic E-state index is 0.0926. The zero-order valence-corrected chi connectivity index (χ0v) is 14.4. The van der Waals surface area contributed by atoms with Crippen molar-refractivity contribution in [2.75, 3.05) is 20.3 Å². The number of hydrogen-bond acceptors (Lipinski definition) is 7. The molecular formula is C17H17N3O4S. The van der Waals surface area contributed by atoms with Crippen molar-refractivity contribution < 1.29 is 18.8 Å². The molecule has 2 heterocycles. The van der Waals surface area contributed by atoms with Crippen LogP contribution in [0.2, 0.25) is 0 Å². The average Bonchev–Trinajstić information content (AvgIpc) is 3.31. The second-order valence-electron chi connectivity index (χ2n) is 5.03. The summed E-state index contributed by atoms with van der Waals surface area (Å²) in [5.41, 5.74) is 0. The lowest BCUT2D eigenvalue weighted by atomic mass is 10.3. The monoisotopic (exact) mass is 359 g/mol. The van der Waals surface area contributed by atoms with Crippen LogP contribution in [0.5, 0.6) is 11.5 Å². The Labute approximate surface area is 148 Å². The molecule has 1 amide bonds. The first-order valence-electron chi connectivity index (χ1n) is 7.65. The second kappa shape index (κ2) is 8.29. The van der Waals surface area contributed by atoms with Gasteiger partial charge in [-0.3, -0.25) is 4.79 Å². The molecule has 0 bridgehead atoms. The summed E-state index contributed by atoms with van der Waals surface area (Å²) in [4.78, 5) is 17.1. The van der Waals surface area contributed by atoms with Crippen LogP contribution >= 0.6 is 11.3 Å². The lowest BCUT2D eigenvalue weighted by molar-refractivity contribution is -0.123. The van der Waals surface area contributed by atoms with Crippen LogP contribution < -0.4 is 14.8 Å². The van der Waals surface area contributed by atoms with Crippen molar-refractivity contribution in [3.63, 3.8) is 0 Å². The highest BCUT2D eigenvalue weighted by atomic mass is 32.1. The fraction of sp³-hybridized carbons (Fsp3) is 0.235. The van der Waals surface area contributed by atoms with Crippen molar-refractivity contribution in [3.05, 3.63) is 47.7 Å². The highest BCUT2D eigenvalue weighted by Gasteiger charge is 2.10. The van der Waals surface area contributed by atoms with Gasteiger partial charge in [0.1, 0.15) is 0 Å². The van der Waals surface area contributed by atoms with E-state index in [1.165, 1.54) is 0 Å². The lowest BCUT2D eigenvalue weighted by Crippen LogP contribution is -2.30. The zero-order valence-electron chi connectivity index (χ0n) is 13.6. The van der Waals surface area contributed by atoms with Crippen LogP contribution in [0.15, 0.2) is 46.3 Å². The van der Waals surface area contributed by atoms with Gasteiger partial charge in [0.15, 0.2) is 18.1 Å². The molecule has 3 aromatic rings. The Morgan fingerprint density at radius 1 is 1.24 bits per heavy atom. The summed E-state index contributed by atoms with van der Waals surface area (Å²) < 4.78 is 15.8. The highest BCUT2D eigenvalue weighted by Crippen LogP contribution is 2.25. The number of carbonyl (C=O) groups is 1. The van der Waals surface area contributed by atoms with Gasteiger partial charge in [0, 0.05) is 13.0 Å². The van der Waals surface area contributed by atoms with Crippen LogP contribution in [0.4, 0.5) is 0 Å². The third kappa shape index (κ3) is 4.57. The molecular weight excluding hydrogens is 342 g/mol. The van der Waals surface area contributed by atoms with Gasteiger partial charge in [-0.15, -0.1) is 11.3 Å². The minimum atomic E-state index is -0.232. The predicted octanol–water partition coefficient (Wildman–Crippen LogP) is 2.54. The molecule has 8 heteroatoms. The number of rotatable bonds is 8. The fourth-order valence-corrected chi connectivity index (χ4v) is 2.75. The maximum absolute atomic E-state index is 11.9. The smallest absolute Gasteiger partial charge is 0.257 e. The minimum Gasteiger partial charge on any atom is -0.493 e. The molecule has 1 aromatic carbocycles. The Kier molecular flexibility index (Phi) is 5.63. The summed E-state index contributed by atoms with van der Waals surface area (Å²) in [6.45, 7) is 0.296. The van der Waals surface area contributed by atoms with Crippen molar-refractivity contribution in [3.8, 4) is 22.2 Å². The lowest BCUT2D eigenvalue weighted by Gasteiger charge is -2.10. The number of benzene rings is 1. The van der Waals surface area contributed by atoms with Gasteiger partial charge >= 0.3 is 0 Å². The van der Waals surface area contributed by atoms with Crippen molar-refractivity contribution >= 4 is 17.2 Å². The van der Waals surface area contributed by atoms with E-state index in [2.05, 4.69) is 15.5 Å². The number of nitrogens with one attached hydrogen (secondary N) is 1.